The van der Waals surface area contributed by atoms with Crippen LogP contribution in [0.1, 0.15) is 28.4 Å². The van der Waals surface area contributed by atoms with Gasteiger partial charge < -0.3 is 4.74 Å². The van der Waals surface area contributed by atoms with Crippen LogP contribution in [-0.4, -0.2) is 18.7 Å². The molecule has 4 nitrogen and oxygen atoms in total. The van der Waals surface area contributed by atoms with Gasteiger partial charge in [0.1, 0.15) is 5.75 Å². The lowest BCUT2D eigenvalue weighted by atomic mass is 10.1. The zero-order valence-corrected chi connectivity index (χ0v) is 13.4. The molecule has 0 fully saturated rings. The van der Waals surface area contributed by atoms with E-state index in [1.54, 1.807) is 18.2 Å². The van der Waals surface area contributed by atoms with Crippen molar-refractivity contribution in [3.05, 3.63) is 64.2 Å². The van der Waals surface area contributed by atoms with Crippen molar-refractivity contribution in [2.24, 2.45) is 5.10 Å². The maximum atomic E-state index is 12.2. The largest absolute Gasteiger partial charge is 0.496 e. The summed E-state index contributed by atoms with van der Waals surface area (Å²) >= 11 is 5.92. The maximum absolute atomic E-state index is 12.2. The first-order valence-corrected chi connectivity index (χ1v) is 7.14. The Morgan fingerprint density at radius 1 is 1.23 bits per heavy atom. The molecule has 2 aromatic carbocycles. The third-order valence-electron chi connectivity index (χ3n) is 3.17. The Kier molecular flexibility index (Phi) is 5.17. The summed E-state index contributed by atoms with van der Waals surface area (Å²) in [7, 11) is 1.50. The summed E-state index contributed by atoms with van der Waals surface area (Å²) in [4.78, 5) is 12.2. The molecule has 0 atom stereocenters. The number of rotatable bonds is 4. The van der Waals surface area contributed by atoms with E-state index in [0.717, 1.165) is 16.8 Å². The fourth-order valence-electron chi connectivity index (χ4n) is 1.99. The predicted octanol–water partition coefficient (Wildman–Crippen LogP) is 3.81. The van der Waals surface area contributed by atoms with Gasteiger partial charge in [-0.2, -0.15) is 5.10 Å². The smallest absolute Gasteiger partial charge is 0.275 e. The van der Waals surface area contributed by atoms with E-state index < -0.39 is 0 Å². The van der Waals surface area contributed by atoms with Gasteiger partial charge in [-0.15, -0.1) is 0 Å². The first-order chi connectivity index (χ1) is 10.5. The quantitative estimate of drug-likeness (QED) is 0.689. The number of nitrogens with zero attached hydrogens (tertiary/aromatic N) is 1. The minimum atomic E-state index is -0.369. The highest BCUT2D eigenvalue weighted by molar-refractivity contribution is 6.31. The fraction of sp³-hybridized carbons (Fsp3) is 0.176. The van der Waals surface area contributed by atoms with Crippen molar-refractivity contribution >= 4 is 23.2 Å². The van der Waals surface area contributed by atoms with Gasteiger partial charge in [0.25, 0.3) is 5.91 Å². The minimum absolute atomic E-state index is 0.343. The van der Waals surface area contributed by atoms with Gasteiger partial charge in [-0.05, 0) is 37.6 Å². The van der Waals surface area contributed by atoms with Crippen molar-refractivity contribution in [3.63, 3.8) is 0 Å². The Labute approximate surface area is 134 Å². The average Bonchev–Trinajstić information content (AvgIpc) is 2.52. The molecule has 0 radical (unpaired) electrons. The molecule has 0 aliphatic carbocycles. The van der Waals surface area contributed by atoms with E-state index in [2.05, 4.69) is 10.5 Å². The molecule has 0 heterocycles. The number of hydrazone groups is 1. The second-order valence-electron chi connectivity index (χ2n) is 4.85. The molecular formula is C17H17ClN2O2. The van der Waals surface area contributed by atoms with Gasteiger partial charge in [0.2, 0.25) is 0 Å². The minimum Gasteiger partial charge on any atom is -0.496 e. The fourth-order valence-corrected chi connectivity index (χ4v) is 2.16. The van der Waals surface area contributed by atoms with Crippen LogP contribution in [0.5, 0.6) is 5.75 Å². The number of methoxy groups -OCH3 is 1. The van der Waals surface area contributed by atoms with E-state index in [0.29, 0.717) is 16.3 Å². The summed E-state index contributed by atoms with van der Waals surface area (Å²) in [6.45, 7) is 3.84. The number of ether oxygens (including phenoxy) is 1. The van der Waals surface area contributed by atoms with Gasteiger partial charge in [-0.3, -0.25) is 4.79 Å². The molecule has 0 aromatic heterocycles. The van der Waals surface area contributed by atoms with Crippen LogP contribution >= 0.6 is 11.6 Å². The zero-order valence-electron chi connectivity index (χ0n) is 12.7. The molecule has 1 amide bonds. The zero-order chi connectivity index (χ0) is 16.1. The van der Waals surface area contributed by atoms with Crippen molar-refractivity contribution < 1.29 is 9.53 Å². The number of hydrogen-bond acceptors (Lipinski definition) is 3. The van der Waals surface area contributed by atoms with Crippen LogP contribution in [0.4, 0.5) is 0 Å². The van der Waals surface area contributed by atoms with Crippen LogP contribution in [-0.2, 0) is 0 Å². The van der Waals surface area contributed by atoms with Gasteiger partial charge in [0.15, 0.2) is 0 Å². The Bertz CT molecular complexity index is 726. The third-order valence-corrected chi connectivity index (χ3v) is 3.40. The molecule has 0 saturated carbocycles. The summed E-state index contributed by atoms with van der Waals surface area (Å²) < 4.78 is 5.16. The molecule has 22 heavy (non-hydrogen) atoms. The molecule has 2 aromatic rings. The standard InChI is InChI=1S/C17H17ClN2O2/c1-11-5-4-6-13(9-11)12(2)19-20-17(21)15-10-14(18)7-8-16(15)22-3/h4-10H,1-3H3,(H,20,21)/b19-12+. The Balaban J connectivity index is 2.19. The van der Waals surface area contributed by atoms with Crippen LogP contribution in [0.25, 0.3) is 0 Å². The number of hydrogen-bond donors (Lipinski definition) is 1. The van der Waals surface area contributed by atoms with Crippen LogP contribution in [0.3, 0.4) is 0 Å². The number of carbonyl (C=O) groups excluding carboxylic acids is 1. The van der Waals surface area contributed by atoms with E-state index in [1.807, 2.05) is 38.1 Å². The molecule has 0 unspecified atom stereocenters. The molecule has 0 spiro atoms. The van der Waals surface area contributed by atoms with Crippen molar-refractivity contribution in [1.29, 1.82) is 0 Å². The first kappa shape index (κ1) is 16.0. The van der Waals surface area contributed by atoms with Crippen LogP contribution in [0, 0.1) is 6.92 Å². The van der Waals surface area contributed by atoms with E-state index in [1.165, 1.54) is 7.11 Å². The Hall–Kier alpha value is -2.33. The van der Waals surface area contributed by atoms with Crippen molar-refractivity contribution in [1.82, 2.24) is 5.43 Å². The third kappa shape index (κ3) is 3.86. The van der Waals surface area contributed by atoms with E-state index in [9.17, 15) is 4.79 Å². The monoisotopic (exact) mass is 316 g/mol. The van der Waals surface area contributed by atoms with Crippen molar-refractivity contribution in [2.45, 2.75) is 13.8 Å². The highest BCUT2D eigenvalue weighted by Crippen LogP contribution is 2.22. The lowest BCUT2D eigenvalue weighted by molar-refractivity contribution is 0.0952. The van der Waals surface area contributed by atoms with Gasteiger partial charge in [-0.1, -0.05) is 41.4 Å². The molecule has 0 saturated heterocycles. The second kappa shape index (κ2) is 7.09. The van der Waals surface area contributed by atoms with E-state index in [4.69, 9.17) is 16.3 Å². The van der Waals surface area contributed by atoms with Crippen LogP contribution < -0.4 is 10.2 Å². The molecular weight excluding hydrogens is 300 g/mol. The topological polar surface area (TPSA) is 50.7 Å². The molecule has 0 aliphatic rings. The highest BCUT2D eigenvalue weighted by atomic mass is 35.5. The number of nitrogens with one attached hydrogen (secondary N) is 1. The Morgan fingerprint density at radius 2 is 2.00 bits per heavy atom. The molecule has 1 N–H and O–H groups in total. The van der Waals surface area contributed by atoms with E-state index in [-0.39, 0.29) is 5.91 Å². The first-order valence-electron chi connectivity index (χ1n) is 6.76. The number of aryl methyl sites for hydroxylation is 1. The Morgan fingerprint density at radius 3 is 2.68 bits per heavy atom. The number of carbonyl (C=O) groups is 1. The van der Waals surface area contributed by atoms with Crippen molar-refractivity contribution in [2.75, 3.05) is 7.11 Å². The van der Waals surface area contributed by atoms with Crippen molar-refractivity contribution in [3.8, 4) is 5.75 Å². The van der Waals surface area contributed by atoms with Gasteiger partial charge in [0, 0.05) is 5.02 Å². The van der Waals surface area contributed by atoms with Gasteiger partial charge >= 0.3 is 0 Å². The molecule has 0 bridgehead atoms. The maximum Gasteiger partial charge on any atom is 0.275 e. The summed E-state index contributed by atoms with van der Waals surface area (Å²) in [5.74, 6) is 0.0802. The predicted molar refractivity (Wildman–Crippen MR) is 88.9 cm³/mol. The van der Waals surface area contributed by atoms with E-state index >= 15 is 0 Å². The average molecular weight is 317 g/mol. The van der Waals surface area contributed by atoms with Crippen LogP contribution in [0.15, 0.2) is 47.6 Å². The lowest BCUT2D eigenvalue weighted by Gasteiger charge is -2.08. The lowest BCUT2D eigenvalue weighted by Crippen LogP contribution is -2.20. The second-order valence-corrected chi connectivity index (χ2v) is 5.29. The summed E-state index contributed by atoms with van der Waals surface area (Å²) in [6, 6.07) is 12.8. The molecule has 0 aliphatic heterocycles. The molecule has 2 rings (SSSR count). The summed E-state index contributed by atoms with van der Waals surface area (Å²) in [5.41, 5.74) is 5.68. The normalized spacial score (nSPS) is 11.2. The highest BCUT2D eigenvalue weighted by Gasteiger charge is 2.12. The number of amides is 1. The van der Waals surface area contributed by atoms with Gasteiger partial charge in [0.05, 0.1) is 18.4 Å². The number of halogens is 1. The molecule has 5 heteroatoms. The van der Waals surface area contributed by atoms with Gasteiger partial charge in [-0.25, -0.2) is 5.43 Å². The molecule has 114 valence electrons. The van der Waals surface area contributed by atoms with Crippen LogP contribution in [0.2, 0.25) is 5.02 Å². The summed E-state index contributed by atoms with van der Waals surface area (Å²) in [5, 5.41) is 4.60. The summed E-state index contributed by atoms with van der Waals surface area (Å²) in [6.07, 6.45) is 0. The SMILES string of the molecule is COc1ccc(Cl)cc1C(=O)N/N=C(\C)c1cccc(C)c1. The number of benzene rings is 2.